The number of hydrogen-bond donors (Lipinski definition) is 2. The lowest BCUT2D eigenvalue weighted by Gasteiger charge is -2.30. The summed E-state index contributed by atoms with van der Waals surface area (Å²) in [5.74, 6) is -2.85. The van der Waals surface area contributed by atoms with Gasteiger partial charge in [0.1, 0.15) is 0 Å². The van der Waals surface area contributed by atoms with Crippen LogP contribution in [0.1, 0.15) is 39.2 Å². The number of carboxylic acids is 1. The lowest BCUT2D eigenvalue weighted by molar-refractivity contribution is -0.384. The monoisotopic (exact) mass is 360 g/mol. The Labute approximate surface area is 150 Å². The van der Waals surface area contributed by atoms with E-state index in [1.54, 1.807) is 33.8 Å². The van der Waals surface area contributed by atoms with E-state index in [9.17, 15) is 24.8 Å². The lowest BCUT2D eigenvalue weighted by Crippen LogP contribution is -2.32. The van der Waals surface area contributed by atoms with Gasteiger partial charge in [-0.3, -0.25) is 10.1 Å². The first kappa shape index (κ1) is 19.2. The Balaban J connectivity index is 2.68. The summed E-state index contributed by atoms with van der Waals surface area (Å²) >= 11 is 0. The van der Waals surface area contributed by atoms with Gasteiger partial charge in [0.05, 0.1) is 28.1 Å². The van der Waals surface area contributed by atoms with Gasteiger partial charge in [-0.05, 0) is 33.3 Å². The van der Waals surface area contributed by atoms with Crippen LogP contribution in [0, 0.1) is 10.1 Å². The summed E-state index contributed by atoms with van der Waals surface area (Å²) in [7, 11) is 0. The van der Waals surface area contributed by atoms with Crippen molar-refractivity contribution in [3.05, 3.63) is 62.5 Å². The Morgan fingerprint density at radius 3 is 2.38 bits per heavy atom. The number of carbonyl (C=O) groups excluding carboxylic acids is 1. The average Bonchev–Trinajstić information content (AvgIpc) is 2.52. The highest BCUT2D eigenvalue weighted by atomic mass is 16.6. The number of hydrogen-bond acceptors (Lipinski definition) is 6. The Kier molecular flexibility index (Phi) is 5.44. The number of carboxylic acid groups (broad SMARTS) is 1. The molecule has 0 aromatic heterocycles. The van der Waals surface area contributed by atoms with Crippen LogP contribution < -0.4 is 5.32 Å². The Morgan fingerprint density at radius 1 is 1.23 bits per heavy atom. The van der Waals surface area contributed by atoms with Crippen LogP contribution in [0.2, 0.25) is 0 Å². The van der Waals surface area contributed by atoms with Crippen molar-refractivity contribution in [3.8, 4) is 0 Å². The Hall–Kier alpha value is -3.16. The molecule has 26 heavy (non-hydrogen) atoms. The highest BCUT2D eigenvalue weighted by molar-refractivity contribution is 5.99. The van der Waals surface area contributed by atoms with Crippen molar-refractivity contribution in [2.24, 2.45) is 0 Å². The number of carbonyl (C=O) groups is 2. The SMILES string of the molecule is CC1=C(C(=O)O)[C@H](c2cccc([N+](=O)[O-])c2)C(C(=O)OC(C)C)=C(C)N1. The van der Waals surface area contributed by atoms with Crippen LogP contribution in [-0.2, 0) is 14.3 Å². The molecule has 0 fully saturated rings. The summed E-state index contributed by atoms with van der Waals surface area (Å²) in [6, 6.07) is 5.62. The van der Waals surface area contributed by atoms with E-state index in [0.29, 0.717) is 17.0 Å². The molecule has 0 unspecified atom stereocenters. The van der Waals surface area contributed by atoms with E-state index in [2.05, 4.69) is 5.32 Å². The molecule has 8 nitrogen and oxygen atoms in total. The minimum Gasteiger partial charge on any atom is -0.478 e. The summed E-state index contributed by atoms with van der Waals surface area (Å²) in [4.78, 5) is 35.0. The number of benzene rings is 1. The maximum Gasteiger partial charge on any atom is 0.337 e. The predicted octanol–water partition coefficient (Wildman–Crippen LogP) is 2.87. The van der Waals surface area contributed by atoms with Gasteiger partial charge in [-0.15, -0.1) is 0 Å². The van der Waals surface area contributed by atoms with Crippen molar-refractivity contribution in [3.63, 3.8) is 0 Å². The van der Waals surface area contributed by atoms with E-state index in [1.807, 2.05) is 0 Å². The molecule has 0 bridgehead atoms. The van der Waals surface area contributed by atoms with Crippen LogP contribution in [0.25, 0.3) is 0 Å². The number of allylic oxidation sites excluding steroid dienone is 2. The minimum absolute atomic E-state index is 0.0493. The Morgan fingerprint density at radius 2 is 1.85 bits per heavy atom. The molecule has 1 atom stereocenters. The molecule has 0 aliphatic carbocycles. The zero-order chi connectivity index (χ0) is 19.6. The van der Waals surface area contributed by atoms with Crippen molar-refractivity contribution in [1.82, 2.24) is 5.32 Å². The van der Waals surface area contributed by atoms with E-state index in [4.69, 9.17) is 4.74 Å². The van der Waals surface area contributed by atoms with E-state index in [0.717, 1.165) is 0 Å². The first-order valence-corrected chi connectivity index (χ1v) is 8.00. The third-order valence-corrected chi connectivity index (χ3v) is 3.97. The standard InChI is InChI=1S/C18H20N2O6/c1-9(2)26-18(23)15-11(4)19-10(3)14(17(21)22)16(15)12-6-5-7-13(8-12)20(24)25/h5-9,16,19H,1-4H3,(H,21,22)/t16-/m0/s1. The van der Waals surface area contributed by atoms with Gasteiger partial charge in [0.2, 0.25) is 0 Å². The van der Waals surface area contributed by atoms with E-state index in [1.165, 1.54) is 18.2 Å². The quantitative estimate of drug-likeness (QED) is 0.471. The zero-order valence-electron chi connectivity index (χ0n) is 14.9. The molecule has 2 rings (SSSR count). The molecular weight excluding hydrogens is 340 g/mol. The third kappa shape index (κ3) is 3.74. The first-order valence-electron chi connectivity index (χ1n) is 8.00. The number of nitrogens with one attached hydrogen (secondary N) is 1. The van der Waals surface area contributed by atoms with Gasteiger partial charge in [-0.1, -0.05) is 12.1 Å². The van der Waals surface area contributed by atoms with Gasteiger partial charge in [-0.2, -0.15) is 0 Å². The van der Waals surface area contributed by atoms with Gasteiger partial charge in [0.15, 0.2) is 0 Å². The zero-order valence-corrected chi connectivity index (χ0v) is 14.9. The summed E-state index contributed by atoms with van der Waals surface area (Å²) in [6.45, 7) is 6.60. The molecule has 1 aliphatic rings. The molecule has 1 aliphatic heterocycles. The summed E-state index contributed by atoms with van der Waals surface area (Å²) in [6.07, 6.45) is -0.395. The van der Waals surface area contributed by atoms with E-state index < -0.39 is 28.9 Å². The van der Waals surface area contributed by atoms with Crippen molar-refractivity contribution in [1.29, 1.82) is 0 Å². The van der Waals surface area contributed by atoms with E-state index in [-0.39, 0.29) is 16.8 Å². The van der Waals surface area contributed by atoms with Gasteiger partial charge in [-0.25, -0.2) is 9.59 Å². The average molecular weight is 360 g/mol. The molecule has 0 radical (unpaired) electrons. The molecule has 8 heteroatoms. The van der Waals surface area contributed by atoms with Gasteiger partial charge >= 0.3 is 11.9 Å². The van der Waals surface area contributed by atoms with Gasteiger partial charge < -0.3 is 15.2 Å². The maximum atomic E-state index is 12.6. The second-order valence-corrected chi connectivity index (χ2v) is 6.25. The second-order valence-electron chi connectivity index (χ2n) is 6.25. The highest BCUT2D eigenvalue weighted by Crippen LogP contribution is 2.39. The fourth-order valence-electron chi connectivity index (χ4n) is 2.98. The summed E-state index contributed by atoms with van der Waals surface area (Å²) in [5.41, 5.74) is 1.06. The van der Waals surface area contributed by atoms with Crippen molar-refractivity contribution in [2.45, 2.75) is 39.7 Å². The molecular formula is C18H20N2O6. The summed E-state index contributed by atoms with van der Waals surface area (Å²) in [5, 5.41) is 23.7. The smallest absolute Gasteiger partial charge is 0.337 e. The van der Waals surface area contributed by atoms with Crippen LogP contribution in [0.4, 0.5) is 5.69 Å². The molecule has 1 heterocycles. The molecule has 138 valence electrons. The van der Waals surface area contributed by atoms with Crippen LogP contribution in [0.5, 0.6) is 0 Å². The molecule has 0 saturated heterocycles. The van der Waals surface area contributed by atoms with E-state index >= 15 is 0 Å². The largest absolute Gasteiger partial charge is 0.478 e. The number of nitro benzene ring substituents is 1. The van der Waals surface area contributed by atoms with Crippen LogP contribution in [0.15, 0.2) is 46.8 Å². The number of esters is 1. The predicted molar refractivity (Wildman–Crippen MR) is 93.2 cm³/mol. The number of nitrogens with zero attached hydrogens (tertiary/aromatic N) is 1. The van der Waals surface area contributed by atoms with Crippen molar-refractivity contribution >= 4 is 17.6 Å². The highest BCUT2D eigenvalue weighted by Gasteiger charge is 2.38. The molecule has 2 N–H and O–H groups in total. The Bertz CT molecular complexity index is 838. The fraction of sp³-hybridized carbons (Fsp3) is 0.333. The normalized spacial score (nSPS) is 17.2. The minimum atomic E-state index is -1.21. The number of rotatable bonds is 5. The second kappa shape index (κ2) is 7.38. The number of dihydropyridines is 1. The first-order chi connectivity index (χ1) is 12.1. The van der Waals surface area contributed by atoms with Gasteiger partial charge in [0.25, 0.3) is 5.69 Å². The lowest BCUT2D eigenvalue weighted by atomic mass is 9.80. The maximum absolute atomic E-state index is 12.6. The molecule has 0 saturated carbocycles. The van der Waals surface area contributed by atoms with Crippen LogP contribution in [-0.4, -0.2) is 28.1 Å². The molecule has 1 aromatic rings. The van der Waals surface area contributed by atoms with Crippen LogP contribution in [0.3, 0.4) is 0 Å². The topological polar surface area (TPSA) is 119 Å². The molecule has 1 aromatic carbocycles. The van der Waals surface area contributed by atoms with Crippen molar-refractivity contribution < 1.29 is 24.4 Å². The number of non-ortho nitro benzene ring substituents is 1. The van der Waals surface area contributed by atoms with Gasteiger partial charge in [0, 0.05) is 23.5 Å². The van der Waals surface area contributed by atoms with Crippen LogP contribution >= 0.6 is 0 Å². The third-order valence-electron chi connectivity index (χ3n) is 3.97. The fourth-order valence-corrected chi connectivity index (χ4v) is 2.98. The number of aliphatic carboxylic acids is 1. The van der Waals surface area contributed by atoms with Crippen molar-refractivity contribution in [2.75, 3.05) is 0 Å². The summed E-state index contributed by atoms with van der Waals surface area (Å²) < 4.78 is 5.27. The molecule has 0 spiro atoms. The molecule has 0 amide bonds. The number of ether oxygens (including phenoxy) is 1. The number of nitro groups is 1.